The van der Waals surface area contributed by atoms with Crippen molar-refractivity contribution >= 4 is 33.3 Å². The molecule has 5 aromatic rings. The van der Waals surface area contributed by atoms with Gasteiger partial charge in [-0.3, -0.25) is 4.90 Å². The summed E-state index contributed by atoms with van der Waals surface area (Å²) < 4.78 is 6.15. The van der Waals surface area contributed by atoms with Crippen LogP contribution in [0.2, 0.25) is 0 Å². The van der Waals surface area contributed by atoms with E-state index in [0.29, 0.717) is 6.61 Å². The summed E-state index contributed by atoms with van der Waals surface area (Å²) in [6, 6.07) is 35.6. The van der Waals surface area contributed by atoms with Gasteiger partial charge in [0.1, 0.15) is 23.4 Å². The van der Waals surface area contributed by atoms with E-state index >= 15 is 0 Å². The molecular weight excluding hydrogens is 486 g/mol. The van der Waals surface area contributed by atoms with Gasteiger partial charge in [0.2, 0.25) is 0 Å². The quantitative estimate of drug-likeness (QED) is 0.210. The first-order valence-corrected chi connectivity index (χ1v) is 13.6. The molecule has 0 amide bonds. The second kappa shape index (κ2) is 11.0. The number of benzene rings is 4. The van der Waals surface area contributed by atoms with Crippen molar-refractivity contribution < 1.29 is 4.74 Å². The normalized spacial score (nSPS) is 13.4. The second-order valence-corrected chi connectivity index (χ2v) is 10.6. The average molecular weight is 514 g/mol. The fourth-order valence-corrected chi connectivity index (χ4v) is 6.21. The maximum Gasteiger partial charge on any atom is 0.134 e. The third kappa shape index (κ3) is 5.24. The highest BCUT2D eigenvalue weighted by atomic mass is 32.1. The fraction of sp³-hybridized carbons (Fsp3) is 0.152. The molecule has 0 radical (unpaired) electrons. The molecule has 0 atom stereocenters. The highest BCUT2D eigenvalue weighted by molar-refractivity contribution is 7.16. The van der Waals surface area contributed by atoms with E-state index in [-0.39, 0.29) is 0 Å². The first-order valence-electron chi connectivity index (χ1n) is 12.8. The van der Waals surface area contributed by atoms with E-state index in [9.17, 15) is 5.26 Å². The van der Waals surface area contributed by atoms with Gasteiger partial charge < -0.3 is 4.74 Å². The number of rotatable bonds is 7. The standard InChI is InChI=1S/C33H27N3OS/c34-19-31-30-16-17-36(21-24-8-2-1-3-9-24)22-32(30)38-33(31)35-20-25-10-6-14-28(18-25)37-23-27-13-7-12-26-11-4-5-15-29(26)27/h1-15,18,20H,16-17,21-23H2. The summed E-state index contributed by atoms with van der Waals surface area (Å²) in [5, 5.41) is 13.1. The van der Waals surface area contributed by atoms with Crippen LogP contribution in [0.25, 0.3) is 10.8 Å². The Hall–Kier alpha value is -4.24. The number of aliphatic imine (C=N–C) groups is 1. The third-order valence-corrected chi connectivity index (χ3v) is 8.07. The molecule has 0 N–H and O–H groups in total. The lowest BCUT2D eigenvalue weighted by Crippen LogP contribution is -2.29. The van der Waals surface area contributed by atoms with E-state index < -0.39 is 0 Å². The number of ether oxygens (including phenoxy) is 1. The van der Waals surface area contributed by atoms with Crippen LogP contribution in [-0.4, -0.2) is 17.7 Å². The van der Waals surface area contributed by atoms with E-state index in [1.807, 2.05) is 36.5 Å². The first-order chi connectivity index (χ1) is 18.8. The zero-order valence-corrected chi connectivity index (χ0v) is 21.8. The monoisotopic (exact) mass is 513 g/mol. The molecule has 0 unspecified atom stereocenters. The van der Waals surface area contributed by atoms with Crippen molar-refractivity contribution in [2.45, 2.75) is 26.1 Å². The lowest BCUT2D eigenvalue weighted by atomic mass is 10.0. The summed E-state index contributed by atoms with van der Waals surface area (Å²) in [5.74, 6) is 0.796. The van der Waals surface area contributed by atoms with Crippen molar-refractivity contribution in [3.05, 3.63) is 130 Å². The Balaban J connectivity index is 1.16. The topological polar surface area (TPSA) is 48.6 Å². The highest BCUT2D eigenvalue weighted by Crippen LogP contribution is 2.38. The largest absolute Gasteiger partial charge is 0.489 e. The van der Waals surface area contributed by atoms with Crippen molar-refractivity contribution in [3.63, 3.8) is 0 Å². The summed E-state index contributed by atoms with van der Waals surface area (Å²) >= 11 is 1.64. The van der Waals surface area contributed by atoms with Gasteiger partial charge >= 0.3 is 0 Å². The molecule has 0 saturated carbocycles. The summed E-state index contributed by atoms with van der Waals surface area (Å²) in [7, 11) is 0. The highest BCUT2D eigenvalue weighted by Gasteiger charge is 2.24. The fourth-order valence-electron chi connectivity index (χ4n) is 5.02. The molecule has 0 saturated heterocycles. The smallest absolute Gasteiger partial charge is 0.134 e. The molecular formula is C33H27N3OS. The molecule has 0 bridgehead atoms. The molecule has 6 rings (SSSR count). The van der Waals surface area contributed by atoms with Crippen molar-refractivity contribution in [1.29, 1.82) is 5.26 Å². The van der Waals surface area contributed by atoms with Gasteiger partial charge in [0.15, 0.2) is 0 Å². The van der Waals surface area contributed by atoms with Crippen LogP contribution in [-0.2, 0) is 26.1 Å². The van der Waals surface area contributed by atoms with Gasteiger partial charge in [-0.05, 0) is 51.6 Å². The Labute approximate surface area is 227 Å². The number of fused-ring (bicyclic) bond motifs is 2. The molecule has 38 heavy (non-hydrogen) atoms. The van der Waals surface area contributed by atoms with Gasteiger partial charge in [-0.2, -0.15) is 5.26 Å². The van der Waals surface area contributed by atoms with Crippen molar-refractivity contribution in [3.8, 4) is 11.8 Å². The third-order valence-electron chi connectivity index (χ3n) is 6.94. The zero-order valence-electron chi connectivity index (χ0n) is 21.0. The molecule has 4 nitrogen and oxygen atoms in total. The van der Waals surface area contributed by atoms with Gasteiger partial charge in [0, 0.05) is 30.7 Å². The Bertz CT molecular complexity index is 1640. The number of hydrogen-bond donors (Lipinski definition) is 0. The van der Waals surface area contributed by atoms with Crippen LogP contribution in [0.4, 0.5) is 5.00 Å². The Kier molecular flexibility index (Phi) is 6.99. The van der Waals surface area contributed by atoms with Crippen LogP contribution >= 0.6 is 11.3 Å². The van der Waals surface area contributed by atoms with Crippen LogP contribution in [0.5, 0.6) is 5.75 Å². The maximum atomic E-state index is 9.91. The molecule has 0 aliphatic carbocycles. The Morgan fingerprint density at radius 3 is 2.66 bits per heavy atom. The van der Waals surface area contributed by atoms with Crippen LogP contribution in [0.15, 0.2) is 102 Å². The molecule has 0 spiro atoms. The summed E-state index contributed by atoms with van der Waals surface area (Å²) in [4.78, 5) is 8.46. The molecule has 1 aliphatic heterocycles. The van der Waals surface area contributed by atoms with Crippen LogP contribution in [0, 0.1) is 11.3 Å². The van der Waals surface area contributed by atoms with E-state index in [2.05, 4.69) is 77.7 Å². The summed E-state index contributed by atoms with van der Waals surface area (Å²) in [6.07, 6.45) is 2.72. The minimum absolute atomic E-state index is 0.498. The molecule has 5 heteroatoms. The number of hydrogen-bond acceptors (Lipinski definition) is 5. The average Bonchev–Trinajstić information content (AvgIpc) is 3.32. The molecule has 0 fully saturated rings. The van der Waals surface area contributed by atoms with Gasteiger partial charge in [0.05, 0.1) is 5.56 Å². The number of thiophene rings is 1. The molecule has 1 aliphatic rings. The van der Waals surface area contributed by atoms with Crippen LogP contribution in [0.1, 0.15) is 32.7 Å². The second-order valence-electron chi connectivity index (χ2n) is 9.50. The SMILES string of the molecule is N#Cc1c(N=Cc2cccc(OCc3cccc4ccccc34)c2)sc2c1CCN(Cc1ccccc1)C2. The van der Waals surface area contributed by atoms with Gasteiger partial charge in [0.25, 0.3) is 0 Å². The zero-order chi connectivity index (χ0) is 25.7. The van der Waals surface area contributed by atoms with Gasteiger partial charge in [-0.15, -0.1) is 11.3 Å². The molecule has 4 aromatic carbocycles. The van der Waals surface area contributed by atoms with Gasteiger partial charge in [-0.1, -0.05) is 84.9 Å². The number of nitrogens with zero attached hydrogens (tertiary/aromatic N) is 3. The lowest BCUT2D eigenvalue weighted by Gasteiger charge is -2.26. The van der Waals surface area contributed by atoms with Crippen molar-refractivity contribution in [1.82, 2.24) is 4.90 Å². The van der Waals surface area contributed by atoms with E-state index in [4.69, 9.17) is 9.73 Å². The molecule has 1 aromatic heterocycles. The maximum absolute atomic E-state index is 9.91. The lowest BCUT2D eigenvalue weighted by molar-refractivity contribution is 0.249. The van der Waals surface area contributed by atoms with Crippen molar-refractivity contribution in [2.75, 3.05) is 6.54 Å². The predicted molar refractivity (Wildman–Crippen MR) is 155 cm³/mol. The van der Waals surface area contributed by atoms with E-state index in [1.54, 1.807) is 11.3 Å². The van der Waals surface area contributed by atoms with E-state index in [1.165, 1.54) is 26.8 Å². The number of nitriles is 1. The first kappa shape index (κ1) is 24.1. The summed E-state index contributed by atoms with van der Waals surface area (Å²) in [6.45, 7) is 3.23. The van der Waals surface area contributed by atoms with Crippen LogP contribution in [0.3, 0.4) is 0 Å². The van der Waals surface area contributed by atoms with Gasteiger partial charge in [-0.25, -0.2) is 4.99 Å². The minimum Gasteiger partial charge on any atom is -0.489 e. The minimum atomic E-state index is 0.498. The molecule has 186 valence electrons. The Morgan fingerprint density at radius 1 is 0.947 bits per heavy atom. The van der Waals surface area contributed by atoms with Crippen molar-refractivity contribution in [2.24, 2.45) is 4.99 Å². The summed E-state index contributed by atoms with van der Waals surface area (Å²) in [5.41, 5.74) is 5.31. The van der Waals surface area contributed by atoms with Crippen LogP contribution < -0.4 is 4.74 Å². The molecule has 2 heterocycles. The predicted octanol–water partition coefficient (Wildman–Crippen LogP) is 7.66. The Morgan fingerprint density at radius 2 is 1.76 bits per heavy atom. The van der Waals surface area contributed by atoms with E-state index in [0.717, 1.165) is 53.5 Å².